The van der Waals surface area contributed by atoms with E-state index in [0.29, 0.717) is 11.0 Å². The number of anilines is 1. The smallest absolute Gasteiger partial charge is 0.253 e. The quantitative estimate of drug-likeness (QED) is 0.802. The van der Waals surface area contributed by atoms with Crippen molar-refractivity contribution in [3.8, 4) is 0 Å². The Morgan fingerprint density at radius 3 is 2.42 bits per heavy atom. The van der Waals surface area contributed by atoms with Crippen LogP contribution >= 0.6 is 0 Å². The normalized spacial score (nSPS) is 19.6. The number of hydrogen-bond donors (Lipinski definition) is 0. The lowest BCUT2D eigenvalue weighted by atomic mass is 9.72. The summed E-state index contributed by atoms with van der Waals surface area (Å²) in [7, 11) is 0. The molecular formula is C22H25FN2O. The van der Waals surface area contributed by atoms with Gasteiger partial charge in [0.25, 0.3) is 5.91 Å². The highest BCUT2D eigenvalue weighted by Gasteiger charge is 2.39. The standard InChI is InChI=1S/C22H25FN2O/c23-19-7-4-6-18(16-19)21(26)24-14-11-22(12-15-24)10-5-13-25(17-22)20-8-2-1-3-9-20/h1-4,6-9,16H,5,10-15,17H2. The molecule has 0 radical (unpaired) electrons. The number of carbonyl (C=O) groups excluding carboxylic acids is 1. The molecule has 0 unspecified atom stereocenters. The van der Waals surface area contributed by atoms with Gasteiger partial charge < -0.3 is 9.80 Å². The number of benzene rings is 2. The summed E-state index contributed by atoms with van der Waals surface area (Å²) >= 11 is 0. The maximum absolute atomic E-state index is 13.4. The van der Waals surface area contributed by atoms with Crippen LogP contribution in [0.25, 0.3) is 0 Å². The molecule has 2 saturated heterocycles. The Balaban J connectivity index is 1.42. The summed E-state index contributed by atoms with van der Waals surface area (Å²) in [6, 6.07) is 16.6. The van der Waals surface area contributed by atoms with Gasteiger partial charge in [0, 0.05) is 37.4 Å². The summed E-state index contributed by atoms with van der Waals surface area (Å²) < 4.78 is 13.4. The molecule has 2 fully saturated rings. The van der Waals surface area contributed by atoms with E-state index in [1.807, 2.05) is 4.90 Å². The first-order chi connectivity index (χ1) is 12.7. The summed E-state index contributed by atoms with van der Waals surface area (Å²) in [4.78, 5) is 17.0. The van der Waals surface area contributed by atoms with Crippen molar-refractivity contribution in [3.63, 3.8) is 0 Å². The van der Waals surface area contributed by atoms with Crippen molar-refractivity contribution in [2.24, 2.45) is 5.41 Å². The molecule has 136 valence electrons. The zero-order valence-corrected chi connectivity index (χ0v) is 15.0. The second-order valence-electron chi connectivity index (χ2n) is 7.66. The minimum absolute atomic E-state index is 0.0462. The number of hydrogen-bond acceptors (Lipinski definition) is 2. The van der Waals surface area contributed by atoms with E-state index in [9.17, 15) is 9.18 Å². The van der Waals surface area contributed by atoms with Crippen molar-refractivity contribution < 1.29 is 9.18 Å². The number of piperidine rings is 2. The van der Waals surface area contributed by atoms with E-state index >= 15 is 0 Å². The molecule has 0 aliphatic carbocycles. The monoisotopic (exact) mass is 352 g/mol. The number of halogens is 1. The minimum Gasteiger partial charge on any atom is -0.371 e. The zero-order valence-electron chi connectivity index (χ0n) is 15.0. The fraction of sp³-hybridized carbons (Fsp3) is 0.409. The van der Waals surface area contributed by atoms with Gasteiger partial charge in [-0.2, -0.15) is 0 Å². The Morgan fingerprint density at radius 2 is 1.69 bits per heavy atom. The summed E-state index contributed by atoms with van der Waals surface area (Å²) in [6.45, 7) is 3.70. The molecule has 2 heterocycles. The van der Waals surface area contributed by atoms with E-state index in [1.165, 1.54) is 30.7 Å². The van der Waals surface area contributed by atoms with E-state index in [0.717, 1.165) is 39.0 Å². The second kappa shape index (κ2) is 7.10. The van der Waals surface area contributed by atoms with Crippen LogP contribution in [0.5, 0.6) is 0 Å². The molecule has 2 aliphatic rings. The fourth-order valence-electron chi connectivity index (χ4n) is 4.46. The molecule has 0 atom stereocenters. The number of carbonyl (C=O) groups is 1. The molecule has 2 aromatic rings. The Labute approximate surface area is 154 Å². The number of rotatable bonds is 2. The Kier molecular flexibility index (Phi) is 4.66. The van der Waals surface area contributed by atoms with Crippen molar-refractivity contribution in [2.75, 3.05) is 31.1 Å². The van der Waals surface area contributed by atoms with Gasteiger partial charge in [0.1, 0.15) is 5.82 Å². The van der Waals surface area contributed by atoms with Crippen LogP contribution < -0.4 is 4.90 Å². The number of nitrogens with zero attached hydrogens (tertiary/aromatic N) is 2. The van der Waals surface area contributed by atoms with Crippen LogP contribution in [0, 0.1) is 11.2 Å². The van der Waals surface area contributed by atoms with E-state index in [1.54, 1.807) is 12.1 Å². The van der Waals surface area contributed by atoms with Crippen molar-refractivity contribution in [1.82, 2.24) is 4.90 Å². The number of likely N-dealkylation sites (tertiary alicyclic amines) is 1. The van der Waals surface area contributed by atoms with Gasteiger partial charge in [-0.1, -0.05) is 24.3 Å². The van der Waals surface area contributed by atoms with E-state index in [2.05, 4.69) is 35.2 Å². The van der Waals surface area contributed by atoms with Gasteiger partial charge >= 0.3 is 0 Å². The third-order valence-electron chi connectivity index (χ3n) is 5.97. The molecule has 2 aliphatic heterocycles. The molecule has 3 nitrogen and oxygen atoms in total. The van der Waals surface area contributed by atoms with Gasteiger partial charge in [-0.3, -0.25) is 4.79 Å². The first kappa shape index (κ1) is 17.1. The van der Waals surface area contributed by atoms with Gasteiger partial charge in [0.2, 0.25) is 0 Å². The topological polar surface area (TPSA) is 23.6 Å². The van der Waals surface area contributed by atoms with Crippen LogP contribution in [0.2, 0.25) is 0 Å². The van der Waals surface area contributed by atoms with Crippen molar-refractivity contribution >= 4 is 11.6 Å². The molecule has 0 aromatic heterocycles. The van der Waals surface area contributed by atoms with E-state index in [4.69, 9.17) is 0 Å². The van der Waals surface area contributed by atoms with Crippen LogP contribution in [0.3, 0.4) is 0 Å². The first-order valence-electron chi connectivity index (χ1n) is 9.50. The number of amides is 1. The van der Waals surface area contributed by atoms with Gasteiger partial charge in [-0.25, -0.2) is 4.39 Å². The van der Waals surface area contributed by atoms with Crippen LogP contribution in [-0.2, 0) is 0 Å². The summed E-state index contributed by atoms with van der Waals surface area (Å²) in [6.07, 6.45) is 4.49. The molecule has 26 heavy (non-hydrogen) atoms. The van der Waals surface area contributed by atoms with Crippen LogP contribution in [0.4, 0.5) is 10.1 Å². The van der Waals surface area contributed by atoms with Gasteiger partial charge in [-0.05, 0) is 61.4 Å². The van der Waals surface area contributed by atoms with Gasteiger partial charge in [-0.15, -0.1) is 0 Å². The highest BCUT2D eigenvalue weighted by molar-refractivity contribution is 5.94. The fourth-order valence-corrected chi connectivity index (χ4v) is 4.46. The Morgan fingerprint density at radius 1 is 0.923 bits per heavy atom. The first-order valence-corrected chi connectivity index (χ1v) is 9.50. The van der Waals surface area contributed by atoms with Crippen LogP contribution in [0.15, 0.2) is 54.6 Å². The molecule has 1 spiro atoms. The molecule has 2 aromatic carbocycles. The van der Waals surface area contributed by atoms with Gasteiger partial charge in [0.15, 0.2) is 0 Å². The van der Waals surface area contributed by atoms with E-state index in [-0.39, 0.29) is 11.7 Å². The molecule has 0 bridgehead atoms. The molecular weight excluding hydrogens is 327 g/mol. The molecule has 1 amide bonds. The van der Waals surface area contributed by atoms with Gasteiger partial charge in [0.05, 0.1) is 0 Å². The number of para-hydroxylation sites is 1. The van der Waals surface area contributed by atoms with E-state index < -0.39 is 0 Å². The van der Waals surface area contributed by atoms with Crippen molar-refractivity contribution in [1.29, 1.82) is 0 Å². The maximum Gasteiger partial charge on any atom is 0.253 e. The molecule has 0 saturated carbocycles. The third-order valence-corrected chi connectivity index (χ3v) is 5.97. The average molecular weight is 352 g/mol. The summed E-state index contributed by atoms with van der Waals surface area (Å²) in [5, 5.41) is 0. The largest absolute Gasteiger partial charge is 0.371 e. The summed E-state index contributed by atoms with van der Waals surface area (Å²) in [5.41, 5.74) is 2.05. The molecule has 4 heteroatoms. The second-order valence-corrected chi connectivity index (χ2v) is 7.66. The van der Waals surface area contributed by atoms with Crippen molar-refractivity contribution in [2.45, 2.75) is 25.7 Å². The Hall–Kier alpha value is -2.36. The third kappa shape index (κ3) is 3.46. The van der Waals surface area contributed by atoms with Crippen LogP contribution in [0.1, 0.15) is 36.0 Å². The lowest BCUT2D eigenvalue weighted by molar-refractivity contribution is 0.0540. The molecule has 4 rings (SSSR count). The highest BCUT2D eigenvalue weighted by Crippen LogP contribution is 2.41. The highest BCUT2D eigenvalue weighted by atomic mass is 19.1. The average Bonchev–Trinajstić information content (AvgIpc) is 2.69. The predicted molar refractivity (Wildman–Crippen MR) is 102 cm³/mol. The lowest BCUT2D eigenvalue weighted by Crippen LogP contribution is -2.50. The summed E-state index contributed by atoms with van der Waals surface area (Å²) in [5.74, 6) is -0.398. The zero-order chi connectivity index (χ0) is 18.0. The minimum atomic E-state index is -0.352. The lowest BCUT2D eigenvalue weighted by Gasteiger charge is -2.48. The SMILES string of the molecule is O=C(c1cccc(F)c1)N1CCC2(CCCN(c3ccccc3)C2)CC1. The maximum atomic E-state index is 13.4. The van der Waals surface area contributed by atoms with Crippen LogP contribution in [-0.4, -0.2) is 37.0 Å². The van der Waals surface area contributed by atoms with Crippen molar-refractivity contribution in [3.05, 3.63) is 66.0 Å². The predicted octanol–water partition coefficient (Wildman–Crippen LogP) is 4.35. The Bertz CT molecular complexity index is 769. The molecule has 0 N–H and O–H groups in total.